The van der Waals surface area contributed by atoms with Crippen LogP contribution in [0.25, 0.3) is 0 Å². The van der Waals surface area contributed by atoms with Gasteiger partial charge in [-0.15, -0.1) is 0 Å². The molecule has 0 bridgehead atoms. The number of benzene rings is 1. The Hall–Kier alpha value is -1.46. The molecule has 126 valence electrons. The molecule has 0 radical (unpaired) electrons. The van der Waals surface area contributed by atoms with Gasteiger partial charge in [-0.1, -0.05) is 11.6 Å². The summed E-state index contributed by atoms with van der Waals surface area (Å²) in [6.45, 7) is 7.69. The minimum absolute atomic E-state index is 0.226. The summed E-state index contributed by atoms with van der Waals surface area (Å²) in [5, 5.41) is 13.9. The van der Waals surface area contributed by atoms with E-state index in [1.54, 1.807) is 23.1 Å². The molecule has 2 aliphatic rings. The summed E-state index contributed by atoms with van der Waals surface area (Å²) in [6, 6.07) is 5.45. The molecule has 6 heteroatoms. The number of rotatable bonds is 3. The molecule has 1 aliphatic heterocycles. The van der Waals surface area contributed by atoms with Gasteiger partial charge in [0, 0.05) is 36.3 Å². The maximum absolute atomic E-state index is 12.0. The van der Waals surface area contributed by atoms with Gasteiger partial charge < -0.3 is 20.1 Å². The van der Waals surface area contributed by atoms with Crippen molar-refractivity contribution < 1.29 is 14.6 Å². The molecule has 1 amide bonds. The molecule has 3 rings (SSSR count). The molecule has 1 aliphatic carbocycles. The van der Waals surface area contributed by atoms with E-state index in [0.29, 0.717) is 29.4 Å². The SMILES string of the molecule is CC(C)(C)OC(=O)N1CC2C(C1)C2NCc1cc(Cl)ccc1O. The van der Waals surface area contributed by atoms with E-state index in [1.165, 1.54) is 0 Å². The summed E-state index contributed by atoms with van der Waals surface area (Å²) in [6.07, 6.45) is -0.226. The van der Waals surface area contributed by atoms with E-state index >= 15 is 0 Å². The third kappa shape index (κ3) is 3.72. The van der Waals surface area contributed by atoms with Crippen molar-refractivity contribution in [1.82, 2.24) is 10.2 Å². The Morgan fingerprint density at radius 2 is 2.04 bits per heavy atom. The van der Waals surface area contributed by atoms with Crippen molar-refractivity contribution in [3.8, 4) is 5.75 Å². The lowest BCUT2D eigenvalue weighted by atomic mass is 10.2. The van der Waals surface area contributed by atoms with Gasteiger partial charge in [-0.25, -0.2) is 4.79 Å². The number of likely N-dealkylation sites (tertiary alicyclic amines) is 1. The van der Waals surface area contributed by atoms with E-state index in [-0.39, 0.29) is 11.8 Å². The highest BCUT2D eigenvalue weighted by Gasteiger charge is 2.56. The number of aromatic hydroxyl groups is 1. The standard InChI is InChI=1S/C17H23ClN2O3/c1-17(2,3)23-16(22)20-8-12-13(9-20)15(12)19-7-10-6-11(18)4-5-14(10)21/h4-6,12-13,15,19,21H,7-9H2,1-3H3. The third-order valence-corrected chi connectivity index (χ3v) is 4.65. The lowest BCUT2D eigenvalue weighted by Gasteiger charge is -2.26. The number of amides is 1. The Kier molecular flexibility index (Phi) is 4.19. The van der Waals surface area contributed by atoms with Crippen molar-refractivity contribution in [2.45, 2.75) is 39.0 Å². The molecular weight excluding hydrogens is 316 g/mol. The number of carbonyl (C=O) groups is 1. The van der Waals surface area contributed by atoms with Gasteiger partial charge in [-0.05, 0) is 50.8 Å². The second kappa shape index (κ2) is 5.87. The molecule has 1 aromatic carbocycles. The number of phenols is 1. The van der Waals surface area contributed by atoms with Crippen molar-refractivity contribution in [1.29, 1.82) is 0 Å². The van der Waals surface area contributed by atoms with Gasteiger partial charge >= 0.3 is 6.09 Å². The quantitative estimate of drug-likeness (QED) is 0.889. The normalized spacial score (nSPS) is 26.1. The number of fused-ring (bicyclic) bond motifs is 1. The first kappa shape index (κ1) is 16.4. The maximum atomic E-state index is 12.0. The molecule has 2 fully saturated rings. The summed E-state index contributed by atoms with van der Waals surface area (Å²) in [7, 11) is 0. The average Bonchev–Trinajstić information content (AvgIpc) is 2.89. The van der Waals surface area contributed by atoms with Crippen LogP contribution < -0.4 is 5.32 Å². The first-order chi connectivity index (χ1) is 10.7. The Balaban J connectivity index is 1.47. The predicted molar refractivity (Wildman–Crippen MR) is 88.5 cm³/mol. The average molecular weight is 339 g/mol. The topological polar surface area (TPSA) is 61.8 Å². The number of hydrogen-bond acceptors (Lipinski definition) is 4. The number of carbonyl (C=O) groups excluding carboxylic acids is 1. The predicted octanol–water partition coefficient (Wildman–Crippen LogP) is 3.00. The summed E-state index contributed by atoms with van der Waals surface area (Å²) in [5.74, 6) is 1.20. The summed E-state index contributed by atoms with van der Waals surface area (Å²) < 4.78 is 5.40. The molecule has 1 aromatic rings. The van der Waals surface area contributed by atoms with E-state index in [9.17, 15) is 9.90 Å². The lowest BCUT2D eigenvalue weighted by Crippen LogP contribution is -2.39. The van der Waals surface area contributed by atoms with Gasteiger partial charge in [0.2, 0.25) is 0 Å². The number of halogens is 1. The van der Waals surface area contributed by atoms with Gasteiger partial charge in [-0.3, -0.25) is 0 Å². The minimum Gasteiger partial charge on any atom is -0.508 e. The summed E-state index contributed by atoms with van der Waals surface area (Å²) in [4.78, 5) is 13.8. The molecule has 1 heterocycles. The maximum Gasteiger partial charge on any atom is 0.410 e. The van der Waals surface area contributed by atoms with Crippen LogP contribution in [0.4, 0.5) is 4.79 Å². The summed E-state index contributed by atoms with van der Waals surface area (Å²) >= 11 is 5.95. The highest BCUT2D eigenvalue weighted by Crippen LogP contribution is 2.46. The van der Waals surface area contributed by atoms with E-state index in [0.717, 1.165) is 18.7 Å². The Bertz CT molecular complexity index is 602. The fourth-order valence-electron chi connectivity index (χ4n) is 3.23. The molecule has 2 N–H and O–H groups in total. The molecule has 2 unspecified atom stereocenters. The van der Waals surface area contributed by atoms with E-state index < -0.39 is 5.60 Å². The van der Waals surface area contributed by atoms with Crippen LogP contribution in [0.15, 0.2) is 18.2 Å². The Morgan fingerprint density at radius 3 is 2.65 bits per heavy atom. The molecule has 23 heavy (non-hydrogen) atoms. The zero-order valence-corrected chi connectivity index (χ0v) is 14.4. The van der Waals surface area contributed by atoms with Crippen molar-refractivity contribution >= 4 is 17.7 Å². The highest BCUT2D eigenvalue weighted by atomic mass is 35.5. The molecular formula is C17H23ClN2O3. The molecule has 0 spiro atoms. The third-order valence-electron chi connectivity index (χ3n) is 4.42. The van der Waals surface area contributed by atoms with Gasteiger partial charge in [0.25, 0.3) is 0 Å². The van der Waals surface area contributed by atoms with E-state index in [2.05, 4.69) is 5.32 Å². The number of hydrogen-bond donors (Lipinski definition) is 2. The molecule has 2 atom stereocenters. The van der Waals surface area contributed by atoms with Crippen LogP contribution in [0.1, 0.15) is 26.3 Å². The van der Waals surface area contributed by atoms with Crippen LogP contribution in [0.3, 0.4) is 0 Å². The second-order valence-corrected chi connectivity index (χ2v) is 7.83. The van der Waals surface area contributed by atoms with Crippen LogP contribution in [-0.2, 0) is 11.3 Å². The zero-order chi connectivity index (χ0) is 16.8. The van der Waals surface area contributed by atoms with Crippen molar-refractivity contribution in [2.75, 3.05) is 13.1 Å². The Morgan fingerprint density at radius 1 is 1.39 bits per heavy atom. The number of phenolic OH excluding ortho intramolecular Hbond substituents is 1. The van der Waals surface area contributed by atoms with Crippen LogP contribution in [-0.4, -0.2) is 40.8 Å². The van der Waals surface area contributed by atoms with Crippen LogP contribution >= 0.6 is 11.6 Å². The lowest BCUT2D eigenvalue weighted by molar-refractivity contribution is 0.0269. The molecule has 0 aromatic heterocycles. The van der Waals surface area contributed by atoms with Crippen LogP contribution in [0, 0.1) is 11.8 Å². The first-order valence-electron chi connectivity index (χ1n) is 7.93. The van der Waals surface area contributed by atoms with E-state index in [1.807, 2.05) is 20.8 Å². The first-order valence-corrected chi connectivity index (χ1v) is 8.31. The molecule has 1 saturated heterocycles. The molecule has 1 saturated carbocycles. The van der Waals surface area contributed by atoms with Crippen molar-refractivity contribution in [3.63, 3.8) is 0 Å². The largest absolute Gasteiger partial charge is 0.508 e. The smallest absolute Gasteiger partial charge is 0.410 e. The van der Waals surface area contributed by atoms with Crippen LogP contribution in [0.5, 0.6) is 5.75 Å². The van der Waals surface area contributed by atoms with Crippen LogP contribution in [0.2, 0.25) is 5.02 Å². The number of ether oxygens (including phenoxy) is 1. The van der Waals surface area contributed by atoms with Gasteiger partial charge in [0.1, 0.15) is 11.4 Å². The number of nitrogens with one attached hydrogen (secondary N) is 1. The van der Waals surface area contributed by atoms with Gasteiger partial charge in [0.15, 0.2) is 0 Å². The zero-order valence-electron chi connectivity index (χ0n) is 13.7. The van der Waals surface area contributed by atoms with Crippen molar-refractivity contribution in [2.24, 2.45) is 11.8 Å². The second-order valence-electron chi connectivity index (χ2n) is 7.39. The number of nitrogens with zero attached hydrogens (tertiary/aromatic N) is 1. The summed E-state index contributed by atoms with van der Waals surface area (Å²) in [5.41, 5.74) is 0.345. The fourth-order valence-corrected chi connectivity index (χ4v) is 3.42. The minimum atomic E-state index is -0.453. The molecule has 5 nitrogen and oxygen atoms in total. The van der Waals surface area contributed by atoms with Gasteiger partial charge in [-0.2, -0.15) is 0 Å². The monoisotopic (exact) mass is 338 g/mol. The fraction of sp³-hybridized carbons (Fsp3) is 0.588. The van der Waals surface area contributed by atoms with Gasteiger partial charge in [0.05, 0.1) is 0 Å². The Labute approximate surface area is 141 Å². The highest BCUT2D eigenvalue weighted by molar-refractivity contribution is 6.30. The van der Waals surface area contributed by atoms with Crippen molar-refractivity contribution in [3.05, 3.63) is 28.8 Å². The number of piperidine rings is 1. The van der Waals surface area contributed by atoms with E-state index in [4.69, 9.17) is 16.3 Å².